The van der Waals surface area contributed by atoms with Crippen LogP contribution < -0.4 is 0 Å². The van der Waals surface area contributed by atoms with E-state index in [1.807, 2.05) is 30.3 Å². The van der Waals surface area contributed by atoms with Crippen LogP contribution in [0.1, 0.15) is 23.6 Å². The first-order valence-corrected chi connectivity index (χ1v) is 8.56. The minimum atomic E-state index is -0.735. The number of amides is 2. The molecule has 136 valence electrons. The molecular weight excluding hydrogens is 350 g/mol. The van der Waals surface area contributed by atoms with Crippen molar-refractivity contribution in [2.75, 3.05) is 13.1 Å². The van der Waals surface area contributed by atoms with Gasteiger partial charge in [0.05, 0.1) is 12.1 Å². The number of hydrogen-bond donors (Lipinski definition) is 0. The van der Waals surface area contributed by atoms with Crippen LogP contribution in [0.15, 0.2) is 53.6 Å². The molecule has 0 spiro atoms. The molecule has 1 fully saturated rings. The molecule has 0 radical (unpaired) electrons. The topological polar surface area (TPSA) is 59.7 Å². The van der Waals surface area contributed by atoms with Gasteiger partial charge in [-0.1, -0.05) is 30.3 Å². The molecule has 0 aliphatic carbocycles. The van der Waals surface area contributed by atoms with Crippen molar-refractivity contribution in [3.63, 3.8) is 0 Å². The van der Waals surface area contributed by atoms with E-state index in [4.69, 9.17) is 0 Å². The Morgan fingerprint density at radius 1 is 1.15 bits per heavy atom. The van der Waals surface area contributed by atoms with Crippen molar-refractivity contribution in [2.24, 2.45) is 5.10 Å². The Balaban J connectivity index is 1.52. The second-order valence-corrected chi connectivity index (χ2v) is 6.80. The van der Waals surface area contributed by atoms with Gasteiger partial charge in [0.1, 0.15) is 17.0 Å². The largest absolute Gasteiger partial charge is 0.341 e. The van der Waals surface area contributed by atoms with E-state index < -0.39 is 23.1 Å². The summed E-state index contributed by atoms with van der Waals surface area (Å²) in [6.45, 7) is 0.505. The SMILES string of the molecule is N#CC1(c2ccccc2)CN(C(=O)N2N=CCC2c2cc(F)cc(F)c2)C1. The normalized spacial score (nSPS) is 20.3. The average Bonchev–Trinajstić information content (AvgIpc) is 3.11. The summed E-state index contributed by atoms with van der Waals surface area (Å²) in [4.78, 5) is 14.4. The molecule has 7 heteroatoms. The quantitative estimate of drug-likeness (QED) is 0.815. The van der Waals surface area contributed by atoms with Gasteiger partial charge in [0.2, 0.25) is 0 Å². The lowest BCUT2D eigenvalue weighted by Crippen LogP contribution is -2.62. The molecule has 0 saturated carbocycles. The number of benzene rings is 2. The van der Waals surface area contributed by atoms with Gasteiger partial charge in [0.15, 0.2) is 0 Å². The number of nitriles is 1. The van der Waals surface area contributed by atoms with Crippen molar-refractivity contribution < 1.29 is 13.6 Å². The molecule has 1 saturated heterocycles. The number of hydrazone groups is 1. The molecule has 0 aromatic heterocycles. The second-order valence-electron chi connectivity index (χ2n) is 6.80. The van der Waals surface area contributed by atoms with E-state index in [-0.39, 0.29) is 19.1 Å². The molecule has 27 heavy (non-hydrogen) atoms. The maximum absolute atomic E-state index is 13.5. The van der Waals surface area contributed by atoms with Gasteiger partial charge in [-0.15, -0.1) is 0 Å². The standard InChI is InChI=1S/C20H16F2N4O/c21-16-8-14(9-17(22)10-16)18-6-7-24-26(18)19(27)25-12-20(11-23,13-25)15-4-2-1-3-5-15/h1-5,7-10,18H,6,12-13H2. The van der Waals surface area contributed by atoms with E-state index in [2.05, 4.69) is 11.2 Å². The van der Waals surface area contributed by atoms with E-state index >= 15 is 0 Å². The molecule has 1 unspecified atom stereocenters. The lowest BCUT2D eigenvalue weighted by Gasteiger charge is -2.47. The van der Waals surface area contributed by atoms with Gasteiger partial charge in [0, 0.05) is 31.8 Å². The van der Waals surface area contributed by atoms with Crippen LogP contribution in [0.4, 0.5) is 13.6 Å². The third kappa shape index (κ3) is 2.93. The van der Waals surface area contributed by atoms with Crippen LogP contribution in [0.3, 0.4) is 0 Å². The number of halogens is 2. The zero-order chi connectivity index (χ0) is 19.0. The molecular formula is C20H16F2N4O. The van der Waals surface area contributed by atoms with Crippen LogP contribution in [0.25, 0.3) is 0 Å². The Labute approximate surface area is 155 Å². The first kappa shape index (κ1) is 17.2. The Hall–Kier alpha value is -3.27. The highest BCUT2D eigenvalue weighted by atomic mass is 19.1. The highest BCUT2D eigenvalue weighted by Crippen LogP contribution is 2.37. The van der Waals surface area contributed by atoms with E-state index in [0.29, 0.717) is 12.0 Å². The number of hydrogen-bond acceptors (Lipinski definition) is 3. The minimum Gasteiger partial charge on any atom is -0.319 e. The fourth-order valence-electron chi connectivity index (χ4n) is 3.60. The summed E-state index contributed by atoms with van der Waals surface area (Å²) in [6.07, 6.45) is 1.93. The van der Waals surface area contributed by atoms with Crippen LogP contribution >= 0.6 is 0 Å². The summed E-state index contributed by atoms with van der Waals surface area (Å²) in [5.74, 6) is -1.39. The van der Waals surface area contributed by atoms with Gasteiger partial charge in [-0.3, -0.25) is 0 Å². The summed E-state index contributed by atoms with van der Waals surface area (Å²) >= 11 is 0. The third-order valence-corrected chi connectivity index (χ3v) is 5.03. The van der Waals surface area contributed by atoms with Crippen molar-refractivity contribution in [1.82, 2.24) is 9.91 Å². The number of carbonyl (C=O) groups is 1. The van der Waals surface area contributed by atoms with Crippen LogP contribution in [0.2, 0.25) is 0 Å². The molecule has 2 aromatic rings. The number of nitrogens with zero attached hydrogens (tertiary/aromatic N) is 4. The molecule has 2 heterocycles. The summed E-state index contributed by atoms with van der Waals surface area (Å²) in [6, 6.07) is 13.9. The summed E-state index contributed by atoms with van der Waals surface area (Å²) in [5, 5.41) is 15.0. The molecule has 0 N–H and O–H groups in total. The van der Waals surface area contributed by atoms with Crippen LogP contribution in [-0.4, -0.2) is 35.2 Å². The number of likely N-dealkylation sites (tertiary alicyclic amines) is 1. The molecule has 0 bridgehead atoms. The summed E-state index contributed by atoms with van der Waals surface area (Å²) < 4.78 is 27.1. The molecule has 4 rings (SSSR count). The van der Waals surface area contributed by atoms with Crippen molar-refractivity contribution in [1.29, 1.82) is 5.26 Å². The molecule has 2 aromatic carbocycles. The van der Waals surface area contributed by atoms with Gasteiger partial charge in [-0.25, -0.2) is 18.6 Å². The highest BCUT2D eigenvalue weighted by molar-refractivity contribution is 5.80. The molecule has 2 aliphatic heterocycles. The van der Waals surface area contributed by atoms with Crippen molar-refractivity contribution in [2.45, 2.75) is 17.9 Å². The fourth-order valence-corrected chi connectivity index (χ4v) is 3.60. The molecule has 2 aliphatic rings. The van der Waals surface area contributed by atoms with E-state index in [0.717, 1.165) is 11.6 Å². The van der Waals surface area contributed by atoms with Crippen molar-refractivity contribution in [3.8, 4) is 6.07 Å². The Morgan fingerprint density at radius 2 is 1.81 bits per heavy atom. The number of urea groups is 1. The van der Waals surface area contributed by atoms with Crippen LogP contribution in [-0.2, 0) is 5.41 Å². The highest BCUT2D eigenvalue weighted by Gasteiger charge is 2.49. The lowest BCUT2D eigenvalue weighted by atomic mass is 9.75. The summed E-state index contributed by atoms with van der Waals surface area (Å²) in [7, 11) is 0. The molecule has 2 amide bonds. The Morgan fingerprint density at radius 3 is 2.44 bits per heavy atom. The zero-order valence-corrected chi connectivity index (χ0v) is 14.3. The average molecular weight is 366 g/mol. The summed E-state index contributed by atoms with van der Waals surface area (Å²) in [5.41, 5.74) is 0.486. The van der Waals surface area contributed by atoms with Gasteiger partial charge < -0.3 is 4.90 Å². The predicted molar refractivity (Wildman–Crippen MR) is 94.7 cm³/mol. The van der Waals surface area contributed by atoms with E-state index in [1.165, 1.54) is 22.0 Å². The van der Waals surface area contributed by atoms with E-state index in [1.54, 1.807) is 6.21 Å². The number of carbonyl (C=O) groups excluding carboxylic acids is 1. The van der Waals surface area contributed by atoms with Crippen molar-refractivity contribution in [3.05, 3.63) is 71.3 Å². The Bertz CT molecular complexity index is 928. The van der Waals surface area contributed by atoms with Gasteiger partial charge in [-0.2, -0.15) is 10.4 Å². The Kier molecular flexibility index (Phi) is 4.11. The monoisotopic (exact) mass is 366 g/mol. The zero-order valence-electron chi connectivity index (χ0n) is 14.3. The second kappa shape index (κ2) is 6.47. The minimum absolute atomic E-state index is 0.253. The fraction of sp³-hybridized carbons (Fsp3) is 0.250. The third-order valence-electron chi connectivity index (χ3n) is 5.03. The molecule has 1 atom stereocenters. The maximum Gasteiger partial charge on any atom is 0.341 e. The van der Waals surface area contributed by atoms with Crippen molar-refractivity contribution >= 4 is 12.2 Å². The van der Waals surface area contributed by atoms with Gasteiger partial charge in [0.25, 0.3) is 0 Å². The van der Waals surface area contributed by atoms with Gasteiger partial charge in [-0.05, 0) is 23.3 Å². The maximum atomic E-state index is 13.5. The first-order chi connectivity index (χ1) is 13.0. The first-order valence-electron chi connectivity index (χ1n) is 8.56. The van der Waals surface area contributed by atoms with Gasteiger partial charge >= 0.3 is 6.03 Å². The smallest absolute Gasteiger partial charge is 0.319 e. The van der Waals surface area contributed by atoms with Crippen LogP contribution in [0.5, 0.6) is 0 Å². The number of rotatable bonds is 2. The predicted octanol–water partition coefficient (Wildman–Crippen LogP) is 3.59. The lowest BCUT2D eigenvalue weighted by molar-refractivity contribution is 0.0848. The molecule has 5 nitrogen and oxygen atoms in total. The van der Waals surface area contributed by atoms with Crippen LogP contribution in [0, 0.1) is 23.0 Å². The van der Waals surface area contributed by atoms with E-state index in [9.17, 15) is 18.8 Å².